The van der Waals surface area contributed by atoms with E-state index in [4.69, 9.17) is 29.6 Å². The van der Waals surface area contributed by atoms with E-state index in [1.54, 1.807) is 0 Å². The van der Waals surface area contributed by atoms with Gasteiger partial charge in [0.1, 0.15) is 11.9 Å². The van der Waals surface area contributed by atoms with Crippen molar-refractivity contribution < 1.29 is 4.74 Å². The van der Waals surface area contributed by atoms with Gasteiger partial charge in [-0.2, -0.15) is 12.6 Å². The lowest BCUT2D eigenvalue weighted by molar-refractivity contribution is 0.231. The summed E-state index contributed by atoms with van der Waals surface area (Å²) in [5.74, 6) is 0.827. The summed E-state index contributed by atoms with van der Waals surface area (Å²) in [4.78, 5) is 0.941. The number of hydrogen-bond donors (Lipinski definition) is 1. The van der Waals surface area contributed by atoms with Gasteiger partial charge in [0.2, 0.25) is 0 Å². The molecule has 31 heavy (non-hydrogen) atoms. The summed E-state index contributed by atoms with van der Waals surface area (Å²) in [5, 5.41) is 0.00801. The van der Waals surface area contributed by atoms with Crippen LogP contribution in [0.15, 0.2) is 102 Å². The summed E-state index contributed by atoms with van der Waals surface area (Å²) in [6, 6.07) is 29.0. The second-order valence-electron chi connectivity index (χ2n) is 7.99. The molecule has 0 aromatic heterocycles. The van der Waals surface area contributed by atoms with E-state index < -0.39 is 0 Å². The second-order valence-corrected chi connectivity index (χ2v) is 8.94. The molecule has 0 saturated carbocycles. The van der Waals surface area contributed by atoms with Crippen molar-refractivity contribution >= 4 is 35.3 Å². The average molecular weight is 441 g/mol. The first kappa shape index (κ1) is 20.3. The summed E-state index contributed by atoms with van der Waals surface area (Å²) in [7, 11) is 0. The fourth-order valence-electron chi connectivity index (χ4n) is 4.77. The van der Waals surface area contributed by atoms with Crippen molar-refractivity contribution in [3.8, 4) is 5.75 Å². The molecule has 0 bridgehead atoms. The zero-order valence-corrected chi connectivity index (χ0v) is 19.1. The van der Waals surface area contributed by atoms with Crippen molar-refractivity contribution in [1.29, 1.82) is 0 Å². The van der Waals surface area contributed by atoms with Crippen LogP contribution in [-0.4, -0.2) is 11.0 Å². The largest absolute Gasteiger partial charge is 0.485 e. The van der Waals surface area contributed by atoms with Gasteiger partial charge in [0.25, 0.3) is 0 Å². The van der Waals surface area contributed by atoms with E-state index in [0.29, 0.717) is 0 Å². The quantitative estimate of drug-likeness (QED) is 0.338. The minimum Gasteiger partial charge on any atom is -0.485 e. The molecule has 0 N–H and O–H groups in total. The second kappa shape index (κ2) is 8.49. The third kappa shape index (κ3) is 3.56. The maximum atomic E-state index is 6.74. The Morgan fingerprint density at radius 3 is 2.23 bits per heavy atom. The number of ether oxygens (including phenoxy) is 1. The van der Waals surface area contributed by atoms with Gasteiger partial charge >= 0.3 is 0 Å². The topological polar surface area (TPSA) is 9.23 Å². The number of para-hydroxylation sites is 1. The highest BCUT2D eigenvalue weighted by Gasteiger charge is 2.44. The molecule has 3 aromatic carbocycles. The first-order valence-corrected chi connectivity index (χ1v) is 11.6. The summed E-state index contributed by atoms with van der Waals surface area (Å²) >= 11 is 11.2. The Kier molecular flexibility index (Phi) is 5.56. The fraction of sp³-hybridized carbons (Fsp3) is 0.179. The standard InChI is InChI=1S/C28H24OS2/c1-2-18-17-23-25(28(31)22-16-10-9-15-21(22)27(23)30)26(29-20-13-7-4-8-14-20)24(18)19-11-5-3-6-12-19/h3-17,25-27,30H,2H2,1H3. The normalized spacial score (nSPS) is 22.5. The molecule has 3 aromatic rings. The molecule has 0 spiro atoms. The van der Waals surface area contributed by atoms with Crippen LogP contribution in [0, 0.1) is 5.92 Å². The molecule has 0 saturated heterocycles. The van der Waals surface area contributed by atoms with Crippen LogP contribution in [0.4, 0.5) is 0 Å². The molecule has 0 aliphatic heterocycles. The smallest absolute Gasteiger partial charge is 0.136 e. The van der Waals surface area contributed by atoms with Crippen molar-refractivity contribution in [3.05, 3.63) is 119 Å². The maximum Gasteiger partial charge on any atom is 0.136 e. The molecule has 0 radical (unpaired) electrons. The van der Waals surface area contributed by atoms with E-state index in [0.717, 1.165) is 22.6 Å². The number of hydrogen-bond acceptors (Lipinski definition) is 3. The third-order valence-corrected chi connectivity index (χ3v) is 7.27. The molecule has 0 heterocycles. The van der Waals surface area contributed by atoms with E-state index in [1.165, 1.54) is 27.8 Å². The van der Waals surface area contributed by atoms with E-state index in [-0.39, 0.29) is 17.3 Å². The van der Waals surface area contributed by atoms with E-state index >= 15 is 0 Å². The Morgan fingerprint density at radius 2 is 1.52 bits per heavy atom. The van der Waals surface area contributed by atoms with Crippen LogP contribution in [0.25, 0.3) is 5.57 Å². The number of fused-ring (bicyclic) bond motifs is 2. The minimum absolute atomic E-state index is 0.00801. The number of rotatable bonds is 4. The van der Waals surface area contributed by atoms with Gasteiger partial charge in [-0.05, 0) is 46.4 Å². The zero-order chi connectivity index (χ0) is 21.4. The maximum absolute atomic E-state index is 6.74. The molecule has 0 amide bonds. The van der Waals surface area contributed by atoms with Crippen molar-refractivity contribution in [3.63, 3.8) is 0 Å². The summed E-state index contributed by atoms with van der Waals surface area (Å²) in [6.45, 7) is 2.21. The first-order valence-electron chi connectivity index (χ1n) is 10.7. The minimum atomic E-state index is -0.199. The van der Waals surface area contributed by atoms with Gasteiger partial charge in [-0.25, -0.2) is 0 Å². The Bertz CT molecular complexity index is 1180. The van der Waals surface area contributed by atoms with E-state index in [1.807, 2.05) is 30.3 Å². The number of thiol groups is 1. The molecule has 2 aliphatic rings. The molecule has 3 heteroatoms. The highest BCUT2D eigenvalue weighted by molar-refractivity contribution is 7.81. The van der Waals surface area contributed by atoms with Crippen LogP contribution in [0.1, 0.15) is 35.3 Å². The Balaban J connectivity index is 1.72. The SMILES string of the molecule is CCC1=C(c2ccccc2)C(Oc2ccccc2)C2C(=S)c3ccccc3C(S)C2=C1. The third-order valence-electron chi connectivity index (χ3n) is 6.22. The molecule has 0 fully saturated rings. The van der Waals surface area contributed by atoms with Crippen molar-refractivity contribution in [2.75, 3.05) is 0 Å². The van der Waals surface area contributed by atoms with Gasteiger partial charge in [-0.3, -0.25) is 0 Å². The lowest BCUT2D eigenvalue weighted by Crippen LogP contribution is -2.41. The van der Waals surface area contributed by atoms with Gasteiger partial charge in [0, 0.05) is 15.7 Å². The molecule has 154 valence electrons. The van der Waals surface area contributed by atoms with Crippen LogP contribution in [0.2, 0.25) is 0 Å². The van der Waals surface area contributed by atoms with Crippen LogP contribution < -0.4 is 4.74 Å². The lowest BCUT2D eigenvalue weighted by atomic mass is 9.69. The van der Waals surface area contributed by atoms with Crippen molar-refractivity contribution in [2.24, 2.45) is 5.92 Å². The van der Waals surface area contributed by atoms with Gasteiger partial charge in [-0.1, -0.05) is 98.0 Å². The molecular weight excluding hydrogens is 416 g/mol. The highest BCUT2D eigenvalue weighted by Crippen LogP contribution is 2.50. The summed E-state index contributed by atoms with van der Waals surface area (Å²) in [6.07, 6.45) is 3.05. The molecule has 5 rings (SSSR count). The number of allylic oxidation sites excluding steroid dienone is 2. The Morgan fingerprint density at radius 1 is 0.871 bits per heavy atom. The Labute approximate surface area is 194 Å². The highest BCUT2D eigenvalue weighted by atomic mass is 32.1. The average Bonchev–Trinajstić information content (AvgIpc) is 2.83. The molecule has 1 nitrogen and oxygen atoms in total. The predicted octanol–water partition coefficient (Wildman–Crippen LogP) is 7.26. The van der Waals surface area contributed by atoms with E-state index in [9.17, 15) is 0 Å². The van der Waals surface area contributed by atoms with Crippen LogP contribution in [-0.2, 0) is 0 Å². The van der Waals surface area contributed by atoms with Crippen molar-refractivity contribution in [1.82, 2.24) is 0 Å². The van der Waals surface area contributed by atoms with E-state index in [2.05, 4.69) is 67.6 Å². The predicted molar refractivity (Wildman–Crippen MR) is 136 cm³/mol. The van der Waals surface area contributed by atoms with Gasteiger partial charge in [-0.15, -0.1) is 0 Å². The number of benzene rings is 3. The Hall–Kier alpha value is -2.62. The van der Waals surface area contributed by atoms with Crippen LogP contribution >= 0.6 is 24.8 Å². The fourth-order valence-corrected chi connectivity index (χ4v) is 5.68. The van der Waals surface area contributed by atoms with Crippen LogP contribution in [0.5, 0.6) is 5.75 Å². The summed E-state index contributed by atoms with van der Waals surface area (Å²) < 4.78 is 6.74. The molecule has 2 aliphatic carbocycles. The van der Waals surface area contributed by atoms with Crippen molar-refractivity contribution in [2.45, 2.75) is 24.7 Å². The van der Waals surface area contributed by atoms with Crippen LogP contribution in [0.3, 0.4) is 0 Å². The van der Waals surface area contributed by atoms with Gasteiger partial charge in [0.15, 0.2) is 0 Å². The molecule has 3 atom stereocenters. The lowest BCUT2D eigenvalue weighted by Gasteiger charge is -2.42. The molecular formula is C28H24OS2. The van der Waals surface area contributed by atoms with Gasteiger partial charge < -0.3 is 4.74 Å². The monoisotopic (exact) mass is 440 g/mol. The first-order chi connectivity index (χ1) is 15.2. The zero-order valence-electron chi connectivity index (χ0n) is 17.4. The van der Waals surface area contributed by atoms with Gasteiger partial charge in [0.05, 0.1) is 5.92 Å². The molecule has 3 unspecified atom stereocenters. The number of thiocarbonyl (C=S) groups is 1. The summed E-state index contributed by atoms with van der Waals surface area (Å²) in [5.41, 5.74) is 7.25.